The van der Waals surface area contributed by atoms with Gasteiger partial charge in [0.2, 0.25) is 5.91 Å². The first-order valence-corrected chi connectivity index (χ1v) is 8.89. The molecule has 2 aliphatic heterocycles. The van der Waals surface area contributed by atoms with Crippen LogP contribution in [0, 0.1) is 11.3 Å². The van der Waals surface area contributed by atoms with Crippen molar-refractivity contribution in [3.05, 3.63) is 29.8 Å². The molecule has 4 rings (SSSR count). The highest BCUT2D eigenvalue weighted by Gasteiger charge is 2.59. The number of carbonyl (C=O) groups excluding carboxylic acids is 1. The maximum Gasteiger partial charge on any atom is 0.226 e. The van der Waals surface area contributed by atoms with E-state index < -0.39 is 0 Å². The Bertz CT molecular complexity index is 595. The summed E-state index contributed by atoms with van der Waals surface area (Å²) in [5, 5.41) is 3.42. The van der Waals surface area contributed by atoms with E-state index in [0.717, 1.165) is 44.6 Å². The van der Waals surface area contributed by atoms with Crippen LogP contribution in [0.25, 0.3) is 0 Å². The lowest BCUT2D eigenvalue weighted by molar-refractivity contribution is -0.134. The van der Waals surface area contributed by atoms with Crippen LogP contribution in [0.2, 0.25) is 0 Å². The second kappa shape index (κ2) is 5.82. The third kappa shape index (κ3) is 2.63. The number of piperidine rings is 1. The third-order valence-electron chi connectivity index (χ3n) is 6.10. The van der Waals surface area contributed by atoms with Gasteiger partial charge in [-0.1, -0.05) is 12.1 Å². The molecule has 4 nitrogen and oxygen atoms in total. The van der Waals surface area contributed by atoms with E-state index in [9.17, 15) is 4.79 Å². The zero-order chi connectivity index (χ0) is 15.9. The van der Waals surface area contributed by atoms with Gasteiger partial charge in [0.05, 0.1) is 13.2 Å². The minimum absolute atomic E-state index is 0.233. The van der Waals surface area contributed by atoms with Crippen LogP contribution in [0.3, 0.4) is 0 Å². The Morgan fingerprint density at radius 2 is 2.17 bits per heavy atom. The Labute approximate surface area is 138 Å². The molecule has 1 aromatic rings. The summed E-state index contributed by atoms with van der Waals surface area (Å²) in [6, 6.07) is 8.45. The summed E-state index contributed by atoms with van der Waals surface area (Å²) in [7, 11) is 1.70. The average molecular weight is 314 g/mol. The van der Waals surface area contributed by atoms with Gasteiger partial charge in [-0.05, 0) is 68.3 Å². The quantitative estimate of drug-likeness (QED) is 0.933. The van der Waals surface area contributed by atoms with Crippen LogP contribution in [0.1, 0.15) is 43.7 Å². The van der Waals surface area contributed by atoms with Crippen molar-refractivity contribution >= 4 is 5.91 Å². The van der Waals surface area contributed by atoms with Gasteiger partial charge in [-0.3, -0.25) is 4.79 Å². The monoisotopic (exact) mass is 314 g/mol. The van der Waals surface area contributed by atoms with Crippen LogP contribution in [0.5, 0.6) is 5.75 Å². The van der Waals surface area contributed by atoms with E-state index in [0.29, 0.717) is 11.3 Å². The minimum Gasteiger partial charge on any atom is -0.497 e. The zero-order valence-corrected chi connectivity index (χ0v) is 13.9. The molecule has 2 saturated heterocycles. The van der Waals surface area contributed by atoms with E-state index in [1.165, 1.54) is 18.4 Å². The Kier molecular flexibility index (Phi) is 3.80. The molecule has 1 spiro atoms. The first-order valence-electron chi connectivity index (χ1n) is 8.89. The van der Waals surface area contributed by atoms with Crippen LogP contribution in [-0.2, 0) is 4.79 Å². The van der Waals surface area contributed by atoms with Crippen molar-refractivity contribution in [1.29, 1.82) is 0 Å². The molecule has 1 saturated carbocycles. The molecule has 3 aliphatic rings. The lowest BCUT2D eigenvalue weighted by Gasteiger charge is -2.28. The Morgan fingerprint density at radius 3 is 2.96 bits per heavy atom. The van der Waals surface area contributed by atoms with Gasteiger partial charge in [-0.25, -0.2) is 0 Å². The van der Waals surface area contributed by atoms with E-state index >= 15 is 0 Å². The number of carbonyl (C=O) groups is 1. The normalized spacial score (nSPS) is 28.8. The number of ether oxygens (including phenoxy) is 1. The average Bonchev–Trinajstić information content (AvgIpc) is 3.07. The molecule has 3 fully saturated rings. The number of methoxy groups -OCH3 is 1. The Morgan fingerprint density at radius 1 is 1.35 bits per heavy atom. The molecule has 0 radical (unpaired) electrons. The predicted octanol–water partition coefficient (Wildman–Crippen LogP) is 2.75. The molecule has 1 N–H and O–H groups in total. The molecule has 1 aliphatic carbocycles. The van der Waals surface area contributed by atoms with Gasteiger partial charge < -0.3 is 15.0 Å². The SMILES string of the molecule is COc1cccc(C2CCCN2C(=O)C2CC23CCNCC3)c1. The van der Waals surface area contributed by atoms with E-state index in [-0.39, 0.29) is 12.0 Å². The summed E-state index contributed by atoms with van der Waals surface area (Å²) < 4.78 is 5.35. The van der Waals surface area contributed by atoms with Crippen molar-refractivity contribution in [2.24, 2.45) is 11.3 Å². The largest absolute Gasteiger partial charge is 0.497 e. The number of hydrogen-bond acceptors (Lipinski definition) is 3. The van der Waals surface area contributed by atoms with Crippen LogP contribution in [-0.4, -0.2) is 37.6 Å². The second-order valence-corrected chi connectivity index (χ2v) is 7.34. The molecular formula is C19H26N2O2. The molecule has 1 aromatic carbocycles. The van der Waals surface area contributed by atoms with E-state index in [1.807, 2.05) is 12.1 Å². The summed E-state index contributed by atoms with van der Waals surface area (Å²) in [5.74, 6) is 1.55. The summed E-state index contributed by atoms with van der Waals surface area (Å²) in [6.07, 6.45) is 5.62. The number of nitrogens with one attached hydrogen (secondary N) is 1. The fourth-order valence-electron chi connectivity index (χ4n) is 4.60. The highest BCUT2D eigenvalue weighted by atomic mass is 16.5. The standard InChI is InChI=1S/C19H26N2O2/c1-23-15-5-2-4-14(12-15)17-6-3-11-21(17)18(22)16-13-19(16)7-9-20-10-8-19/h2,4-5,12,16-17,20H,3,6-11,13H2,1H3. The van der Waals surface area contributed by atoms with Gasteiger partial charge in [-0.2, -0.15) is 0 Å². The Balaban J connectivity index is 1.50. The molecule has 0 aromatic heterocycles. The first-order chi connectivity index (χ1) is 11.2. The lowest BCUT2D eigenvalue weighted by atomic mass is 9.91. The van der Waals surface area contributed by atoms with Gasteiger partial charge in [0, 0.05) is 12.5 Å². The van der Waals surface area contributed by atoms with Gasteiger partial charge in [0.1, 0.15) is 5.75 Å². The third-order valence-corrected chi connectivity index (χ3v) is 6.10. The Hall–Kier alpha value is -1.55. The molecule has 1 amide bonds. The van der Waals surface area contributed by atoms with Crippen LogP contribution in [0.15, 0.2) is 24.3 Å². The maximum absolute atomic E-state index is 13.1. The number of rotatable bonds is 3. The highest BCUT2D eigenvalue weighted by molar-refractivity contribution is 5.83. The van der Waals surface area contributed by atoms with Crippen molar-refractivity contribution in [2.45, 2.75) is 38.1 Å². The summed E-state index contributed by atoms with van der Waals surface area (Å²) in [5.41, 5.74) is 1.54. The van der Waals surface area contributed by atoms with Crippen LogP contribution >= 0.6 is 0 Å². The van der Waals surface area contributed by atoms with E-state index in [1.54, 1.807) is 7.11 Å². The lowest BCUT2D eigenvalue weighted by Crippen LogP contribution is -2.36. The van der Waals surface area contributed by atoms with Crippen molar-refractivity contribution in [2.75, 3.05) is 26.7 Å². The first kappa shape index (κ1) is 15.0. The number of nitrogens with zero attached hydrogens (tertiary/aromatic N) is 1. The van der Waals surface area contributed by atoms with Crippen molar-refractivity contribution < 1.29 is 9.53 Å². The number of amides is 1. The van der Waals surface area contributed by atoms with Gasteiger partial charge in [0.25, 0.3) is 0 Å². The van der Waals surface area contributed by atoms with E-state index in [2.05, 4.69) is 22.3 Å². The van der Waals surface area contributed by atoms with Crippen LogP contribution in [0.4, 0.5) is 0 Å². The molecule has 23 heavy (non-hydrogen) atoms. The molecule has 0 bridgehead atoms. The molecular weight excluding hydrogens is 288 g/mol. The zero-order valence-electron chi connectivity index (χ0n) is 13.9. The number of likely N-dealkylation sites (tertiary alicyclic amines) is 1. The fraction of sp³-hybridized carbons (Fsp3) is 0.632. The van der Waals surface area contributed by atoms with Gasteiger partial charge >= 0.3 is 0 Å². The van der Waals surface area contributed by atoms with Gasteiger partial charge in [-0.15, -0.1) is 0 Å². The summed E-state index contributed by atoms with van der Waals surface area (Å²) in [6.45, 7) is 3.05. The van der Waals surface area contributed by atoms with Crippen molar-refractivity contribution in [3.8, 4) is 5.75 Å². The number of benzene rings is 1. The van der Waals surface area contributed by atoms with Crippen molar-refractivity contribution in [1.82, 2.24) is 10.2 Å². The summed E-state index contributed by atoms with van der Waals surface area (Å²) in [4.78, 5) is 15.2. The van der Waals surface area contributed by atoms with E-state index in [4.69, 9.17) is 4.74 Å². The maximum atomic E-state index is 13.1. The molecule has 2 unspecified atom stereocenters. The fourth-order valence-corrected chi connectivity index (χ4v) is 4.60. The highest BCUT2D eigenvalue weighted by Crippen LogP contribution is 2.59. The topological polar surface area (TPSA) is 41.6 Å². The molecule has 2 heterocycles. The molecule has 2 atom stereocenters. The summed E-state index contributed by atoms with van der Waals surface area (Å²) >= 11 is 0. The predicted molar refractivity (Wildman–Crippen MR) is 89.3 cm³/mol. The smallest absolute Gasteiger partial charge is 0.226 e. The van der Waals surface area contributed by atoms with Crippen molar-refractivity contribution in [3.63, 3.8) is 0 Å². The second-order valence-electron chi connectivity index (χ2n) is 7.34. The number of hydrogen-bond donors (Lipinski definition) is 1. The van der Waals surface area contributed by atoms with Crippen LogP contribution < -0.4 is 10.1 Å². The minimum atomic E-state index is 0.233. The molecule has 4 heteroatoms. The molecule has 124 valence electrons. The van der Waals surface area contributed by atoms with Gasteiger partial charge in [0.15, 0.2) is 0 Å².